The van der Waals surface area contributed by atoms with Crippen molar-refractivity contribution in [3.8, 4) is 17.2 Å². The number of hydrogen-bond donors (Lipinski definition) is 2. The summed E-state index contributed by atoms with van der Waals surface area (Å²) in [6.45, 7) is 1.49. The van der Waals surface area contributed by atoms with Crippen LogP contribution in [-0.4, -0.2) is 69.5 Å². The zero-order valence-corrected chi connectivity index (χ0v) is 16.9. The fourth-order valence-corrected chi connectivity index (χ4v) is 2.51. The molecule has 0 aliphatic carbocycles. The summed E-state index contributed by atoms with van der Waals surface area (Å²) in [7, 11) is 8.63. The Morgan fingerprint density at radius 2 is 1.71 bits per heavy atom. The number of rotatable bonds is 10. The van der Waals surface area contributed by atoms with Crippen LogP contribution >= 0.6 is 0 Å². The minimum absolute atomic E-state index is 0.245. The third-order valence-electron chi connectivity index (χ3n) is 3.90. The number of carbonyl (C=O) groups excluding carboxylic acids is 1. The van der Waals surface area contributed by atoms with E-state index in [2.05, 4.69) is 25.7 Å². The van der Waals surface area contributed by atoms with E-state index in [1.807, 2.05) is 14.1 Å². The van der Waals surface area contributed by atoms with E-state index in [4.69, 9.17) is 14.2 Å². The summed E-state index contributed by atoms with van der Waals surface area (Å²) in [4.78, 5) is 14.2. The van der Waals surface area contributed by atoms with Crippen LogP contribution in [0.3, 0.4) is 0 Å². The second-order valence-corrected chi connectivity index (χ2v) is 6.26. The summed E-state index contributed by atoms with van der Waals surface area (Å²) >= 11 is 0. The smallest absolute Gasteiger partial charge is 0.271 e. The van der Waals surface area contributed by atoms with Gasteiger partial charge in [0.1, 0.15) is 0 Å². The highest BCUT2D eigenvalue weighted by Crippen LogP contribution is 2.40. The minimum Gasteiger partial charge on any atom is -0.493 e. The lowest BCUT2D eigenvalue weighted by Gasteiger charge is -2.14. The van der Waals surface area contributed by atoms with Crippen LogP contribution in [0.1, 0.15) is 16.9 Å². The number of nitrogens with zero attached hydrogens (tertiary/aromatic N) is 3. The van der Waals surface area contributed by atoms with E-state index in [-0.39, 0.29) is 11.6 Å². The lowest BCUT2D eigenvalue weighted by atomic mass is 10.2. The maximum atomic E-state index is 12.1. The van der Waals surface area contributed by atoms with Gasteiger partial charge in [-0.15, -0.1) is 10.2 Å². The molecule has 1 aromatic heterocycles. The number of aromatic nitrogens is 2. The minimum atomic E-state index is -0.245. The van der Waals surface area contributed by atoms with Gasteiger partial charge in [-0.05, 0) is 39.2 Å². The zero-order valence-electron chi connectivity index (χ0n) is 16.9. The molecule has 9 heteroatoms. The van der Waals surface area contributed by atoms with Crippen molar-refractivity contribution in [2.24, 2.45) is 0 Å². The number of hydrogen-bond acceptors (Lipinski definition) is 8. The summed E-state index contributed by atoms with van der Waals surface area (Å²) in [6.07, 6.45) is 0.868. The molecule has 2 rings (SSSR count). The Balaban J connectivity index is 2.03. The number of amides is 1. The molecule has 0 spiro atoms. The molecule has 152 valence electrons. The van der Waals surface area contributed by atoms with E-state index in [0.29, 0.717) is 35.3 Å². The van der Waals surface area contributed by atoms with Crippen LogP contribution in [0.15, 0.2) is 24.3 Å². The van der Waals surface area contributed by atoms with Crippen LogP contribution in [0.5, 0.6) is 17.2 Å². The van der Waals surface area contributed by atoms with Crippen LogP contribution in [0.4, 0.5) is 11.5 Å². The van der Waals surface area contributed by atoms with Crippen molar-refractivity contribution in [3.63, 3.8) is 0 Å². The van der Waals surface area contributed by atoms with Gasteiger partial charge in [0.25, 0.3) is 5.91 Å². The van der Waals surface area contributed by atoms with E-state index in [1.54, 1.807) is 45.6 Å². The lowest BCUT2D eigenvalue weighted by Crippen LogP contribution is -2.28. The van der Waals surface area contributed by atoms with Gasteiger partial charge < -0.3 is 29.7 Å². The van der Waals surface area contributed by atoms with Crippen molar-refractivity contribution in [1.29, 1.82) is 0 Å². The number of anilines is 2. The maximum Gasteiger partial charge on any atom is 0.271 e. The summed E-state index contributed by atoms with van der Waals surface area (Å²) < 4.78 is 16.0. The molecule has 2 aromatic rings. The first kappa shape index (κ1) is 21.2. The third-order valence-corrected chi connectivity index (χ3v) is 3.90. The highest BCUT2D eigenvalue weighted by molar-refractivity contribution is 5.92. The maximum absolute atomic E-state index is 12.1. The standard InChI is InChI=1S/C19H27N5O4/c1-24(2)10-6-9-20-19(25)14-7-8-17(23-22-14)21-13-11-15(26-3)18(28-5)16(12-13)27-4/h7-8,11-12H,6,9-10H2,1-5H3,(H,20,25)(H,21,23). The Bertz CT molecular complexity index is 755. The summed E-state index contributed by atoms with van der Waals surface area (Å²) in [5.74, 6) is 1.78. The highest BCUT2D eigenvalue weighted by atomic mass is 16.5. The van der Waals surface area contributed by atoms with Crippen LogP contribution < -0.4 is 24.8 Å². The largest absolute Gasteiger partial charge is 0.493 e. The second-order valence-electron chi connectivity index (χ2n) is 6.26. The SMILES string of the molecule is COc1cc(Nc2ccc(C(=O)NCCCN(C)C)nn2)cc(OC)c1OC. The van der Waals surface area contributed by atoms with E-state index in [1.165, 1.54) is 0 Å². The van der Waals surface area contributed by atoms with Crippen molar-refractivity contribution in [2.45, 2.75) is 6.42 Å². The van der Waals surface area contributed by atoms with Crippen molar-refractivity contribution in [3.05, 3.63) is 30.0 Å². The lowest BCUT2D eigenvalue weighted by molar-refractivity contribution is 0.0946. The summed E-state index contributed by atoms with van der Waals surface area (Å²) in [5, 5.41) is 14.0. The quantitative estimate of drug-likeness (QED) is 0.595. The highest BCUT2D eigenvalue weighted by Gasteiger charge is 2.14. The monoisotopic (exact) mass is 389 g/mol. The van der Waals surface area contributed by atoms with Gasteiger partial charge in [-0.3, -0.25) is 4.79 Å². The van der Waals surface area contributed by atoms with Gasteiger partial charge in [-0.2, -0.15) is 0 Å². The van der Waals surface area contributed by atoms with Crippen molar-refractivity contribution in [1.82, 2.24) is 20.4 Å². The van der Waals surface area contributed by atoms with Crippen LogP contribution in [0, 0.1) is 0 Å². The summed E-state index contributed by atoms with van der Waals surface area (Å²) in [6, 6.07) is 6.82. The topological polar surface area (TPSA) is 97.8 Å². The molecule has 2 N–H and O–H groups in total. The molecule has 0 saturated heterocycles. The van der Waals surface area contributed by atoms with Crippen LogP contribution in [-0.2, 0) is 0 Å². The van der Waals surface area contributed by atoms with Crippen LogP contribution in [0.25, 0.3) is 0 Å². The third kappa shape index (κ3) is 5.71. The van der Waals surface area contributed by atoms with E-state index in [9.17, 15) is 4.79 Å². The predicted octanol–water partition coefficient (Wildman–Crippen LogP) is 1.93. The van der Waals surface area contributed by atoms with Gasteiger partial charge in [0, 0.05) is 24.4 Å². The Kier molecular flexibility index (Phi) is 7.82. The second kappa shape index (κ2) is 10.3. The zero-order chi connectivity index (χ0) is 20.5. The van der Waals surface area contributed by atoms with E-state index < -0.39 is 0 Å². The Labute approximate surface area is 165 Å². The predicted molar refractivity (Wildman–Crippen MR) is 107 cm³/mol. The molecule has 0 aliphatic heterocycles. The molecule has 0 bridgehead atoms. The van der Waals surface area contributed by atoms with Gasteiger partial charge in [0.15, 0.2) is 23.0 Å². The molecule has 0 radical (unpaired) electrons. The first-order chi connectivity index (χ1) is 13.5. The average Bonchev–Trinajstić information content (AvgIpc) is 2.70. The van der Waals surface area contributed by atoms with Crippen molar-refractivity contribution in [2.75, 3.05) is 53.8 Å². The Hall–Kier alpha value is -3.07. The van der Waals surface area contributed by atoms with Gasteiger partial charge in [-0.25, -0.2) is 0 Å². The molecule has 0 atom stereocenters. The number of carbonyl (C=O) groups is 1. The van der Waals surface area contributed by atoms with Crippen LogP contribution in [0.2, 0.25) is 0 Å². The molecular weight excluding hydrogens is 362 g/mol. The fraction of sp³-hybridized carbons (Fsp3) is 0.421. The van der Waals surface area contributed by atoms with E-state index in [0.717, 1.165) is 13.0 Å². The molecule has 9 nitrogen and oxygen atoms in total. The molecule has 0 saturated carbocycles. The Morgan fingerprint density at radius 3 is 2.21 bits per heavy atom. The molecule has 1 amide bonds. The first-order valence-corrected chi connectivity index (χ1v) is 8.82. The number of methoxy groups -OCH3 is 3. The van der Waals surface area contributed by atoms with Gasteiger partial charge in [-0.1, -0.05) is 0 Å². The van der Waals surface area contributed by atoms with Gasteiger partial charge >= 0.3 is 0 Å². The molecule has 0 aliphatic rings. The van der Waals surface area contributed by atoms with Crippen molar-refractivity contribution < 1.29 is 19.0 Å². The molecule has 1 heterocycles. The van der Waals surface area contributed by atoms with Gasteiger partial charge in [0.05, 0.1) is 21.3 Å². The normalized spacial score (nSPS) is 10.5. The Morgan fingerprint density at radius 1 is 1.04 bits per heavy atom. The number of benzene rings is 1. The molecule has 28 heavy (non-hydrogen) atoms. The van der Waals surface area contributed by atoms with Gasteiger partial charge in [0.2, 0.25) is 5.75 Å². The first-order valence-electron chi connectivity index (χ1n) is 8.82. The molecule has 0 unspecified atom stereocenters. The average molecular weight is 389 g/mol. The molecular formula is C19H27N5O4. The molecule has 1 aromatic carbocycles. The molecule has 0 fully saturated rings. The van der Waals surface area contributed by atoms with E-state index >= 15 is 0 Å². The number of nitrogens with one attached hydrogen (secondary N) is 2. The fourth-order valence-electron chi connectivity index (χ4n) is 2.51. The number of ether oxygens (including phenoxy) is 3. The van der Waals surface area contributed by atoms with Crippen molar-refractivity contribution >= 4 is 17.4 Å². The summed E-state index contributed by atoms with van der Waals surface area (Å²) in [5.41, 5.74) is 0.949.